The molecule has 0 aromatic heterocycles. The standard InChI is InChI=1S/C13H17ClN2O3S.C2H2O4/c1-2-20(18,19)16-9-7-15(8-10-16)13(17)11-5-3-4-6-12(11)14;3-1(4)2(5)6/h3-6H,2,7-10H2,1H3;(H,3,4)(H,5,6). The third kappa shape index (κ3) is 5.97. The molecule has 1 heterocycles. The first kappa shape index (κ1) is 21.9. The van der Waals surface area contributed by atoms with Gasteiger partial charge in [-0.05, 0) is 19.1 Å². The Morgan fingerprint density at radius 2 is 1.54 bits per heavy atom. The summed E-state index contributed by atoms with van der Waals surface area (Å²) in [7, 11) is -3.17. The Morgan fingerprint density at radius 1 is 1.04 bits per heavy atom. The lowest BCUT2D eigenvalue weighted by atomic mass is 10.2. The van der Waals surface area contributed by atoms with Crippen molar-refractivity contribution in [3.63, 3.8) is 0 Å². The molecule has 0 saturated carbocycles. The van der Waals surface area contributed by atoms with Gasteiger partial charge in [-0.25, -0.2) is 18.0 Å². The van der Waals surface area contributed by atoms with Gasteiger partial charge in [-0.1, -0.05) is 23.7 Å². The van der Waals surface area contributed by atoms with Gasteiger partial charge in [0.2, 0.25) is 10.0 Å². The molecule has 1 amide bonds. The number of carboxylic acids is 2. The molecule has 0 unspecified atom stereocenters. The molecule has 0 radical (unpaired) electrons. The summed E-state index contributed by atoms with van der Waals surface area (Å²) >= 11 is 6.01. The van der Waals surface area contributed by atoms with Gasteiger partial charge >= 0.3 is 11.9 Å². The number of amides is 1. The van der Waals surface area contributed by atoms with Crippen LogP contribution in [0.15, 0.2) is 24.3 Å². The van der Waals surface area contributed by atoms with Gasteiger partial charge in [-0.2, -0.15) is 4.31 Å². The van der Waals surface area contributed by atoms with Gasteiger partial charge in [0, 0.05) is 26.2 Å². The van der Waals surface area contributed by atoms with E-state index in [0.717, 1.165) is 0 Å². The van der Waals surface area contributed by atoms with E-state index in [0.29, 0.717) is 36.8 Å². The van der Waals surface area contributed by atoms with Crippen LogP contribution in [0.5, 0.6) is 0 Å². The van der Waals surface area contributed by atoms with Crippen LogP contribution in [0, 0.1) is 0 Å². The van der Waals surface area contributed by atoms with Crippen molar-refractivity contribution in [2.45, 2.75) is 6.92 Å². The van der Waals surface area contributed by atoms with E-state index in [1.54, 1.807) is 36.1 Å². The largest absolute Gasteiger partial charge is 0.473 e. The van der Waals surface area contributed by atoms with E-state index in [4.69, 9.17) is 31.4 Å². The van der Waals surface area contributed by atoms with Crippen LogP contribution in [0.2, 0.25) is 5.02 Å². The second kappa shape index (κ2) is 9.51. The number of piperazine rings is 1. The van der Waals surface area contributed by atoms with Crippen LogP contribution in [0.25, 0.3) is 0 Å². The molecule has 1 fully saturated rings. The Hall–Kier alpha value is -2.17. The van der Waals surface area contributed by atoms with Crippen LogP contribution >= 0.6 is 11.6 Å². The van der Waals surface area contributed by atoms with Crippen LogP contribution in [-0.2, 0) is 19.6 Å². The first-order valence-electron chi connectivity index (χ1n) is 7.58. The third-order valence-electron chi connectivity index (χ3n) is 3.57. The average molecular weight is 407 g/mol. The summed E-state index contributed by atoms with van der Waals surface area (Å²) < 4.78 is 24.9. The van der Waals surface area contributed by atoms with Gasteiger partial charge < -0.3 is 15.1 Å². The number of carboxylic acid groups (broad SMARTS) is 2. The lowest BCUT2D eigenvalue weighted by molar-refractivity contribution is -0.159. The molecule has 0 spiro atoms. The summed E-state index contributed by atoms with van der Waals surface area (Å²) in [6.07, 6.45) is 0. The number of carbonyl (C=O) groups is 3. The summed E-state index contributed by atoms with van der Waals surface area (Å²) in [6.45, 7) is 3.09. The molecule has 0 atom stereocenters. The Kier molecular flexibility index (Phi) is 8.00. The van der Waals surface area contributed by atoms with Gasteiger partial charge in [-0.15, -0.1) is 0 Å². The average Bonchev–Trinajstić information content (AvgIpc) is 2.62. The highest BCUT2D eigenvalue weighted by molar-refractivity contribution is 7.89. The van der Waals surface area contributed by atoms with Crippen LogP contribution in [0.1, 0.15) is 17.3 Å². The van der Waals surface area contributed by atoms with E-state index in [2.05, 4.69) is 0 Å². The molecule has 1 saturated heterocycles. The lowest BCUT2D eigenvalue weighted by Gasteiger charge is -2.34. The predicted molar refractivity (Wildman–Crippen MR) is 93.7 cm³/mol. The molecule has 9 nitrogen and oxygen atoms in total. The van der Waals surface area contributed by atoms with E-state index >= 15 is 0 Å². The predicted octanol–water partition coefficient (Wildman–Crippen LogP) is 0.603. The molecule has 1 aromatic rings. The quantitative estimate of drug-likeness (QED) is 0.702. The minimum Gasteiger partial charge on any atom is -0.473 e. The van der Waals surface area contributed by atoms with Crippen LogP contribution in [0.3, 0.4) is 0 Å². The second-order valence-corrected chi connectivity index (χ2v) is 7.85. The second-order valence-electron chi connectivity index (χ2n) is 5.18. The number of carbonyl (C=O) groups excluding carboxylic acids is 1. The maximum Gasteiger partial charge on any atom is 0.414 e. The zero-order valence-corrected chi connectivity index (χ0v) is 15.5. The molecule has 1 aromatic carbocycles. The topological polar surface area (TPSA) is 132 Å². The molecule has 1 aliphatic rings. The van der Waals surface area contributed by atoms with Crippen molar-refractivity contribution in [1.29, 1.82) is 0 Å². The monoisotopic (exact) mass is 406 g/mol. The molecular formula is C15H19ClN2O7S. The zero-order valence-electron chi connectivity index (χ0n) is 14.0. The number of hydrogen-bond acceptors (Lipinski definition) is 5. The van der Waals surface area contributed by atoms with Crippen molar-refractivity contribution >= 4 is 39.5 Å². The van der Waals surface area contributed by atoms with Crippen molar-refractivity contribution in [3.05, 3.63) is 34.9 Å². The Bertz CT molecular complexity index is 762. The Balaban J connectivity index is 0.000000487. The van der Waals surface area contributed by atoms with Crippen LogP contribution in [0.4, 0.5) is 0 Å². The Labute approximate surface area is 155 Å². The van der Waals surface area contributed by atoms with Crippen LogP contribution in [-0.4, -0.2) is 77.6 Å². The molecule has 0 bridgehead atoms. The maximum absolute atomic E-state index is 12.3. The maximum atomic E-state index is 12.3. The molecular weight excluding hydrogens is 388 g/mol. The van der Waals surface area contributed by atoms with Crippen molar-refractivity contribution < 1.29 is 33.0 Å². The highest BCUT2D eigenvalue weighted by Gasteiger charge is 2.28. The Morgan fingerprint density at radius 3 is 1.96 bits per heavy atom. The summed E-state index contributed by atoms with van der Waals surface area (Å²) in [6, 6.07) is 6.88. The minimum atomic E-state index is -3.17. The lowest BCUT2D eigenvalue weighted by Crippen LogP contribution is -2.50. The van der Waals surface area contributed by atoms with Crippen LogP contribution < -0.4 is 0 Å². The summed E-state index contributed by atoms with van der Waals surface area (Å²) in [5.74, 6) is -3.71. The fourth-order valence-corrected chi connectivity index (χ4v) is 3.46. The number of halogens is 1. The highest BCUT2D eigenvalue weighted by atomic mass is 35.5. The molecule has 26 heavy (non-hydrogen) atoms. The van der Waals surface area contributed by atoms with E-state index in [-0.39, 0.29) is 11.7 Å². The molecule has 11 heteroatoms. The van der Waals surface area contributed by atoms with Crippen molar-refractivity contribution in [2.24, 2.45) is 0 Å². The highest BCUT2D eigenvalue weighted by Crippen LogP contribution is 2.18. The van der Waals surface area contributed by atoms with Crippen molar-refractivity contribution in [3.8, 4) is 0 Å². The normalized spacial score (nSPS) is 14.9. The summed E-state index contributed by atoms with van der Waals surface area (Å²) in [4.78, 5) is 32.2. The third-order valence-corrected chi connectivity index (χ3v) is 5.78. The van der Waals surface area contributed by atoms with Gasteiger partial charge in [-0.3, -0.25) is 4.79 Å². The fraction of sp³-hybridized carbons (Fsp3) is 0.400. The minimum absolute atomic E-state index is 0.0887. The van der Waals surface area contributed by atoms with E-state index in [9.17, 15) is 13.2 Å². The number of sulfonamides is 1. The smallest absolute Gasteiger partial charge is 0.414 e. The van der Waals surface area contributed by atoms with Gasteiger partial charge in [0.15, 0.2) is 0 Å². The first-order chi connectivity index (χ1) is 12.1. The number of benzene rings is 1. The molecule has 2 rings (SSSR count). The van der Waals surface area contributed by atoms with E-state index < -0.39 is 22.0 Å². The fourth-order valence-electron chi connectivity index (χ4n) is 2.16. The van der Waals surface area contributed by atoms with Crippen molar-refractivity contribution in [2.75, 3.05) is 31.9 Å². The van der Waals surface area contributed by atoms with Crippen molar-refractivity contribution in [1.82, 2.24) is 9.21 Å². The summed E-state index contributed by atoms with van der Waals surface area (Å²) in [5, 5.41) is 15.2. The molecule has 2 N–H and O–H groups in total. The van der Waals surface area contributed by atoms with E-state index in [1.165, 1.54) is 4.31 Å². The number of hydrogen-bond donors (Lipinski definition) is 2. The molecule has 1 aliphatic heterocycles. The van der Waals surface area contributed by atoms with Gasteiger partial charge in [0.05, 0.1) is 16.3 Å². The van der Waals surface area contributed by atoms with E-state index in [1.807, 2.05) is 0 Å². The number of aliphatic carboxylic acids is 2. The number of rotatable bonds is 3. The summed E-state index contributed by atoms with van der Waals surface area (Å²) in [5.41, 5.74) is 0.459. The molecule has 0 aliphatic carbocycles. The first-order valence-corrected chi connectivity index (χ1v) is 9.56. The SMILES string of the molecule is CCS(=O)(=O)N1CCN(C(=O)c2ccccc2Cl)CC1.O=C(O)C(=O)O. The molecule has 144 valence electrons. The number of nitrogens with zero attached hydrogens (tertiary/aromatic N) is 2. The zero-order chi connectivity index (χ0) is 19.9. The van der Waals surface area contributed by atoms with Gasteiger partial charge in [0.1, 0.15) is 0 Å². The van der Waals surface area contributed by atoms with Gasteiger partial charge in [0.25, 0.3) is 5.91 Å².